The van der Waals surface area contributed by atoms with E-state index in [0.717, 1.165) is 37.3 Å². The second-order valence-corrected chi connectivity index (χ2v) is 6.15. The van der Waals surface area contributed by atoms with E-state index < -0.39 is 0 Å². The van der Waals surface area contributed by atoms with Gasteiger partial charge in [0.25, 0.3) is 0 Å². The predicted octanol–water partition coefficient (Wildman–Crippen LogP) is 4.23. The van der Waals surface area contributed by atoms with Crippen LogP contribution in [-0.4, -0.2) is 24.4 Å². The lowest BCUT2D eigenvalue weighted by atomic mass is 9.90. The van der Waals surface area contributed by atoms with Crippen LogP contribution in [0.4, 0.5) is 5.69 Å². The Morgan fingerprint density at radius 3 is 2.85 bits per heavy atom. The number of hydrogen-bond donors (Lipinski definition) is 1. The smallest absolute Gasteiger partial charge is 0.142 e. The number of para-hydroxylation sites is 2. The molecule has 0 aliphatic carbocycles. The highest BCUT2D eigenvalue weighted by Gasteiger charge is 2.31. The molecular weight excluding hydrogens is 250 g/mol. The zero-order valence-electron chi connectivity index (χ0n) is 13.1. The Labute approximate surface area is 122 Å². The van der Waals surface area contributed by atoms with Gasteiger partial charge >= 0.3 is 0 Å². The van der Waals surface area contributed by atoms with Gasteiger partial charge in [0.2, 0.25) is 0 Å². The number of hydrogen-bond acceptors (Lipinski definition) is 3. The first-order valence-corrected chi connectivity index (χ1v) is 7.68. The van der Waals surface area contributed by atoms with Crippen molar-refractivity contribution in [3.63, 3.8) is 0 Å². The van der Waals surface area contributed by atoms with E-state index in [2.05, 4.69) is 39.1 Å². The molecule has 0 bridgehead atoms. The standard InChI is InChI=1S/C17H27NO2/c1-5-17(4)12-14(10-11-19-17)18-15-8-6-7-9-16(15)20-13(2)3/h6-9,13-14,18H,5,10-12H2,1-4H3. The van der Waals surface area contributed by atoms with Crippen LogP contribution in [0, 0.1) is 0 Å². The van der Waals surface area contributed by atoms with Crippen LogP contribution in [0.2, 0.25) is 0 Å². The van der Waals surface area contributed by atoms with E-state index in [4.69, 9.17) is 9.47 Å². The van der Waals surface area contributed by atoms with E-state index >= 15 is 0 Å². The SMILES string of the molecule is CCC1(C)CC(Nc2ccccc2OC(C)C)CCO1. The molecule has 3 heteroatoms. The summed E-state index contributed by atoms with van der Waals surface area (Å²) >= 11 is 0. The highest BCUT2D eigenvalue weighted by atomic mass is 16.5. The first-order valence-electron chi connectivity index (χ1n) is 7.68. The summed E-state index contributed by atoms with van der Waals surface area (Å²) in [5.74, 6) is 0.937. The van der Waals surface area contributed by atoms with E-state index in [1.54, 1.807) is 0 Å². The summed E-state index contributed by atoms with van der Waals surface area (Å²) in [6.07, 6.45) is 3.33. The molecule has 1 heterocycles. The fourth-order valence-corrected chi connectivity index (χ4v) is 2.66. The summed E-state index contributed by atoms with van der Waals surface area (Å²) in [7, 11) is 0. The van der Waals surface area contributed by atoms with Gasteiger partial charge in [0.05, 0.1) is 17.4 Å². The Morgan fingerprint density at radius 2 is 2.15 bits per heavy atom. The Hall–Kier alpha value is -1.22. The van der Waals surface area contributed by atoms with Gasteiger partial charge in [-0.1, -0.05) is 19.1 Å². The van der Waals surface area contributed by atoms with Crippen molar-refractivity contribution in [1.29, 1.82) is 0 Å². The van der Waals surface area contributed by atoms with E-state index in [0.29, 0.717) is 6.04 Å². The molecule has 0 aromatic heterocycles. The second-order valence-electron chi connectivity index (χ2n) is 6.15. The minimum absolute atomic E-state index is 0.00374. The number of rotatable bonds is 5. The summed E-state index contributed by atoms with van der Waals surface area (Å²) in [6.45, 7) is 9.34. The Bertz CT molecular complexity index is 433. The third-order valence-corrected chi connectivity index (χ3v) is 3.95. The molecule has 1 aromatic carbocycles. The highest BCUT2D eigenvalue weighted by molar-refractivity contribution is 5.56. The molecule has 0 spiro atoms. The zero-order chi connectivity index (χ0) is 14.6. The maximum Gasteiger partial charge on any atom is 0.142 e. The van der Waals surface area contributed by atoms with Crippen LogP contribution in [0.25, 0.3) is 0 Å². The molecular formula is C17H27NO2. The van der Waals surface area contributed by atoms with Crippen LogP contribution in [-0.2, 0) is 4.74 Å². The summed E-state index contributed by atoms with van der Waals surface area (Å²) < 4.78 is 11.8. The maximum absolute atomic E-state index is 5.91. The number of nitrogens with one attached hydrogen (secondary N) is 1. The highest BCUT2D eigenvalue weighted by Crippen LogP contribution is 2.32. The summed E-state index contributed by atoms with van der Waals surface area (Å²) in [6, 6.07) is 8.64. The first-order chi connectivity index (χ1) is 9.52. The molecule has 0 radical (unpaired) electrons. The molecule has 2 unspecified atom stereocenters. The monoisotopic (exact) mass is 277 g/mol. The van der Waals surface area contributed by atoms with Crippen molar-refractivity contribution in [1.82, 2.24) is 0 Å². The Morgan fingerprint density at radius 1 is 1.40 bits per heavy atom. The van der Waals surface area contributed by atoms with Gasteiger partial charge < -0.3 is 14.8 Å². The molecule has 2 atom stereocenters. The topological polar surface area (TPSA) is 30.5 Å². The average molecular weight is 277 g/mol. The normalized spacial score (nSPS) is 26.6. The van der Waals surface area contributed by atoms with Gasteiger partial charge in [-0.3, -0.25) is 0 Å². The fourth-order valence-electron chi connectivity index (χ4n) is 2.66. The van der Waals surface area contributed by atoms with Crippen LogP contribution in [0.3, 0.4) is 0 Å². The van der Waals surface area contributed by atoms with Crippen LogP contribution in [0.1, 0.15) is 47.0 Å². The molecule has 2 rings (SSSR count). The number of ether oxygens (including phenoxy) is 2. The molecule has 0 amide bonds. The second kappa shape index (κ2) is 6.49. The quantitative estimate of drug-likeness (QED) is 0.873. The molecule has 1 fully saturated rings. The van der Waals surface area contributed by atoms with Gasteiger partial charge in [-0.05, 0) is 52.2 Å². The van der Waals surface area contributed by atoms with E-state index in [9.17, 15) is 0 Å². The molecule has 1 aromatic rings. The van der Waals surface area contributed by atoms with Crippen LogP contribution in [0.15, 0.2) is 24.3 Å². The molecule has 3 nitrogen and oxygen atoms in total. The Balaban J connectivity index is 2.06. The number of anilines is 1. The van der Waals surface area contributed by atoms with E-state index in [1.807, 2.05) is 18.2 Å². The molecule has 20 heavy (non-hydrogen) atoms. The molecule has 1 aliphatic rings. The Kier molecular flexibility index (Phi) is 4.92. The average Bonchev–Trinajstić information content (AvgIpc) is 2.41. The van der Waals surface area contributed by atoms with Crippen molar-refractivity contribution < 1.29 is 9.47 Å². The van der Waals surface area contributed by atoms with Crippen molar-refractivity contribution in [3.8, 4) is 5.75 Å². The van der Waals surface area contributed by atoms with Gasteiger partial charge in [-0.15, -0.1) is 0 Å². The van der Waals surface area contributed by atoms with Crippen LogP contribution in [0.5, 0.6) is 5.75 Å². The minimum atomic E-state index is 0.00374. The lowest BCUT2D eigenvalue weighted by molar-refractivity contribution is -0.0709. The van der Waals surface area contributed by atoms with Gasteiger partial charge in [0.15, 0.2) is 0 Å². The van der Waals surface area contributed by atoms with Gasteiger partial charge in [0.1, 0.15) is 5.75 Å². The third kappa shape index (κ3) is 3.89. The van der Waals surface area contributed by atoms with Gasteiger partial charge in [0, 0.05) is 12.6 Å². The largest absolute Gasteiger partial charge is 0.489 e. The summed E-state index contributed by atoms with van der Waals surface area (Å²) in [4.78, 5) is 0. The molecule has 0 saturated carbocycles. The maximum atomic E-state index is 5.91. The van der Waals surface area contributed by atoms with Gasteiger partial charge in [-0.25, -0.2) is 0 Å². The zero-order valence-corrected chi connectivity index (χ0v) is 13.1. The lowest BCUT2D eigenvalue weighted by Gasteiger charge is -2.38. The molecule has 1 saturated heterocycles. The van der Waals surface area contributed by atoms with E-state index in [1.165, 1.54) is 0 Å². The van der Waals surface area contributed by atoms with Crippen molar-refractivity contribution >= 4 is 5.69 Å². The summed E-state index contributed by atoms with van der Waals surface area (Å²) in [5.41, 5.74) is 1.09. The molecule has 112 valence electrons. The molecule has 1 aliphatic heterocycles. The van der Waals surface area contributed by atoms with Gasteiger partial charge in [-0.2, -0.15) is 0 Å². The van der Waals surface area contributed by atoms with Crippen molar-refractivity contribution in [2.75, 3.05) is 11.9 Å². The van der Waals surface area contributed by atoms with Crippen molar-refractivity contribution in [2.45, 2.75) is 64.7 Å². The van der Waals surface area contributed by atoms with Crippen molar-refractivity contribution in [2.24, 2.45) is 0 Å². The summed E-state index contributed by atoms with van der Waals surface area (Å²) in [5, 5.41) is 3.64. The van der Waals surface area contributed by atoms with E-state index in [-0.39, 0.29) is 11.7 Å². The third-order valence-electron chi connectivity index (χ3n) is 3.95. The number of benzene rings is 1. The predicted molar refractivity (Wildman–Crippen MR) is 83.5 cm³/mol. The fraction of sp³-hybridized carbons (Fsp3) is 0.647. The van der Waals surface area contributed by atoms with Crippen molar-refractivity contribution in [3.05, 3.63) is 24.3 Å². The molecule has 1 N–H and O–H groups in total. The minimum Gasteiger partial charge on any atom is -0.489 e. The van der Waals surface area contributed by atoms with Crippen LogP contribution < -0.4 is 10.1 Å². The lowest BCUT2D eigenvalue weighted by Crippen LogP contribution is -2.41. The van der Waals surface area contributed by atoms with Crippen LogP contribution >= 0.6 is 0 Å². The first kappa shape index (κ1) is 15.2.